The van der Waals surface area contributed by atoms with E-state index in [1.807, 2.05) is 13.8 Å². The third-order valence-corrected chi connectivity index (χ3v) is 2.93. The Hall–Kier alpha value is -1.69. The largest absolute Gasteiger partial charge is 0.493 e. The maximum absolute atomic E-state index is 11.7. The van der Waals surface area contributed by atoms with Crippen LogP contribution in [0.15, 0.2) is 16.4 Å². The quantitative estimate of drug-likeness (QED) is 0.833. The van der Waals surface area contributed by atoms with Gasteiger partial charge in [-0.3, -0.25) is 4.79 Å². The number of rotatable bonds is 2. The second-order valence-electron chi connectivity index (χ2n) is 3.64. The predicted molar refractivity (Wildman–Crippen MR) is 61.7 cm³/mol. The zero-order valence-electron chi connectivity index (χ0n) is 8.89. The number of hydrogen-bond acceptors (Lipinski definition) is 5. The van der Waals surface area contributed by atoms with Gasteiger partial charge in [0.15, 0.2) is 10.8 Å². The third-order valence-electron chi connectivity index (χ3n) is 2.15. The van der Waals surface area contributed by atoms with E-state index in [0.717, 1.165) is 0 Å². The van der Waals surface area contributed by atoms with Gasteiger partial charge in [0.05, 0.1) is 5.56 Å². The van der Waals surface area contributed by atoms with E-state index >= 15 is 0 Å². The molecule has 0 spiro atoms. The van der Waals surface area contributed by atoms with Gasteiger partial charge in [-0.2, -0.15) is 4.98 Å². The van der Waals surface area contributed by atoms with E-state index in [1.165, 1.54) is 11.3 Å². The SMILES string of the molecule is CC(C)c1c(O)nc(-c2nccs2)[nH]c1=O. The van der Waals surface area contributed by atoms with Gasteiger partial charge in [0.2, 0.25) is 5.88 Å². The first-order valence-corrected chi connectivity index (χ1v) is 5.70. The molecule has 0 aliphatic rings. The lowest BCUT2D eigenvalue weighted by Gasteiger charge is -2.06. The molecule has 5 nitrogen and oxygen atoms in total. The number of nitrogens with zero attached hydrogens (tertiary/aromatic N) is 2. The molecule has 16 heavy (non-hydrogen) atoms. The highest BCUT2D eigenvalue weighted by atomic mass is 32.1. The molecule has 2 aromatic heterocycles. The van der Waals surface area contributed by atoms with E-state index in [1.54, 1.807) is 11.6 Å². The maximum atomic E-state index is 11.7. The van der Waals surface area contributed by atoms with Crippen molar-refractivity contribution >= 4 is 11.3 Å². The fourth-order valence-electron chi connectivity index (χ4n) is 1.43. The van der Waals surface area contributed by atoms with Crippen LogP contribution in [0.1, 0.15) is 25.3 Å². The van der Waals surface area contributed by atoms with Gasteiger partial charge in [0, 0.05) is 11.6 Å². The van der Waals surface area contributed by atoms with Crippen molar-refractivity contribution in [2.24, 2.45) is 0 Å². The van der Waals surface area contributed by atoms with E-state index < -0.39 is 0 Å². The lowest BCUT2D eigenvalue weighted by atomic mass is 10.1. The van der Waals surface area contributed by atoms with Crippen molar-refractivity contribution in [1.82, 2.24) is 15.0 Å². The lowest BCUT2D eigenvalue weighted by Crippen LogP contribution is -2.16. The van der Waals surface area contributed by atoms with Gasteiger partial charge in [-0.1, -0.05) is 13.8 Å². The summed E-state index contributed by atoms with van der Waals surface area (Å²) in [6, 6.07) is 0. The maximum Gasteiger partial charge on any atom is 0.258 e. The van der Waals surface area contributed by atoms with Gasteiger partial charge in [0.1, 0.15) is 0 Å². The first-order chi connectivity index (χ1) is 7.59. The summed E-state index contributed by atoms with van der Waals surface area (Å²) in [5, 5.41) is 12.1. The number of aromatic amines is 1. The molecular formula is C10H11N3O2S. The number of aromatic nitrogens is 3. The molecule has 0 aliphatic heterocycles. The molecule has 84 valence electrons. The van der Waals surface area contributed by atoms with Crippen molar-refractivity contribution in [3.8, 4) is 16.7 Å². The third kappa shape index (κ3) is 1.83. The molecule has 0 bridgehead atoms. The highest BCUT2D eigenvalue weighted by Crippen LogP contribution is 2.23. The molecule has 0 fully saturated rings. The van der Waals surface area contributed by atoms with Gasteiger partial charge in [-0.05, 0) is 5.92 Å². The number of hydrogen-bond donors (Lipinski definition) is 2. The number of aromatic hydroxyl groups is 1. The summed E-state index contributed by atoms with van der Waals surface area (Å²) >= 11 is 1.35. The Morgan fingerprint density at radius 2 is 2.25 bits per heavy atom. The molecule has 0 radical (unpaired) electrons. The van der Waals surface area contributed by atoms with Crippen LogP contribution in [0.4, 0.5) is 0 Å². The van der Waals surface area contributed by atoms with E-state index in [9.17, 15) is 9.90 Å². The molecule has 0 saturated carbocycles. The molecule has 0 aliphatic carbocycles. The molecule has 0 saturated heterocycles. The van der Waals surface area contributed by atoms with Crippen LogP contribution in [0, 0.1) is 0 Å². The summed E-state index contributed by atoms with van der Waals surface area (Å²) in [4.78, 5) is 22.3. The molecule has 0 unspecified atom stereocenters. The van der Waals surface area contributed by atoms with Crippen LogP contribution in [-0.2, 0) is 0 Å². The van der Waals surface area contributed by atoms with Crippen LogP contribution in [0.2, 0.25) is 0 Å². The zero-order chi connectivity index (χ0) is 11.7. The number of nitrogens with one attached hydrogen (secondary N) is 1. The summed E-state index contributed by atoms with van der Waals surface area (Å²) in [6.07, 6.45) is 1.62. The summed E-state index contributed by atoms with van der Waals surface area (Å²) in [6.45, 7) is 3.66. The summed E-state index contributed by atoms with van der Waals surface area (Å²) in [5.74, 6) is 0.0208. The number of H-pyrrole nitrogens is 1. The standard InChI is InChI=1S/C10H11N3O2S/c1-5(2)6-8(14)12-7(13-9(6)15)10-11-3-4-16-10/h3-5H,1-2H3,(H2,12,13,14,15). The summed E-state index contributed by atoms with van der Waals surface area (Å²) in [7, 11) is 0. The minimum absolute atomic E-state index is 0.0680. The molecule has 2 aromatic rings. The van der Waals surface area contributed by atoms with Crippen molar-refractivity contribution in [1.29, 1.82) is 0 Å². The fourth-order valence-corrected chi connectivity index (χ4v) is 2.01. The second-order valence-corrected chi connectivity index (χ2v) is 4.54. The Morgan fingerprint density at radius 1 is 1.50 bits per heavy atom. The van der Waals surface area contributed by atoms with Crippen molar-refractivity contribution in [3.05, 3.63) is 27.5 Å². The monoisotopic (exact) mass is 237 g/mol. The molecular weight excluding hydrogens is 226 g/mol. The van der Waals surface area contributed by atoms with E-state index in [0.29, 0.717) is 16.4 Å². The van der Waals surface area contributed by atoms with Crippen LogP contribution < -0.4 is 5.56 Å². The fraction of sp³-hybridized carbons (Fsp3) is 0.300. The topological polar surface area (TPSA) is 78.9 Å². The minimum atomic E-state index is -0.312. The molecule has 0 amide bonds. The number of thiazole rings is 1. The first kappa shape index (κ1) is 10.8. The van der Waals surface area contributed by atoms with E-state index in [2.05, 4.69) is 15.0 Å². The van der Waals surface area contributed by atoms with Crippen molar-refractivity contribution in [2.75, 3.05) is 0 Å². The smallest absolute Gasteiger partial charge is 0.258 e. The average molecular weight is 237 g/mol. The molecule has 2 heterocycles. The first-order valence-electron chi connectivity index (χ1n) is 4.82. The van der Waals surface area contributed by atoms with Crippen LogP contribution >= 0.6 is 11.3 Å². The van der Waals surface area contributed by atoms with Gasteiger partial charge in [-0.15, -0.1) is 11.3 Å². The van der Waals surface area contributed by atoms with Crippen molar-refractivity contribution in [3.63, 3.8) is 0 Å². The Bertz CT molecular complexity index is 546. The normalized spacial score (nSPS) is 10.9. The highest BCUT2D eigenvalue weighted by Gasteiger charge is 2.15. The molecule has 0 aromatic carbocycles. The highest BCUT2D eigenvalue weighted by molar-refractivity contribution is 7.12. The Morgan fingerprint density at radius 3 is 2.75 bits per heavy atom. The average Bonchev–Trinajstić information content (AvgIpc) is 2.67. The Labute approximate surface area is 95.8 Å². The molecule has 6 heteroatoms. The van der Waals surface area contributed by atoms with Gasteiger partial charge < -0.3 is 10.1 Å². The second kappa shape index (κ2) is 4.05. The van der Waals surface area contributed by atoms with Crippen LogP contribution in [-0.4, -0.2) is 20.1 Å². The van der Waals surface area contributed by atoms with E-state index in [4.69, 9.17) is 0 Å². The molecule has 0 atom stereocenters. The van der Waals surface area contributed by atoms with Gasteiger partial charge in [-0.25, -0.2) is 4.98 Å². The minimum Gasteiger partial charge on any atom is -0.493 e. The van der Waals surface area contributed by atoms with Crippen molar-refractivity contribution in [2.45, 2.75) is 19.8 Å². The predicted octanol–water partition coefficient (Wildman–Crippen LogP) is 1.72. The summed E-state index contributed by atoms with van der Waals surface area (Å²) < 4.78 is 0. The lowest BCUT2D eigenvalue weighted by molar-refractivity contribution is 0.440. The van der Waals surface area contributed by atoms with E-state index in [-0.39, 0.29) is 17.4 Å². The van der Waals surface area contributed by atoms with Gasteiger partial charge >= 0.3 is 0 Å². The molecule has 2 rings (SSSR count). The summed E-state index contributed by atoms with van der Waals surface area (Å²) in [5.41, 5.74) is -0.00648. The Balaban J connectivity index is 2.58. The molecule has 2 N–H and O–H groups in total. The van der Waals surface area contributed by atoms with Crippen LogP contribution in [0.5, 0.6) is 5.88 Å². The van der Waals surface area contributed by atoms with Crippen LogP contribution in [0.3, 0.4) is 0 Å². The van der Waals surface area contributed by atoms with Crippen LogP contribution in [0.25, 0.3) is 10.8 Å². The Kier molecular flexibility index (Phi) is 2.74. The van der Waals surface area contributed by atoms with Gasteiger partial charge in [0.25, 0.3) is 5.56 Å². The van der Waals surface area contributed by atoms with Crippen molar-refractivity contribution < 1.29 is 5.11 Å². The zero-order valence-corrected chi connectivity index (χ0v) is 9.71.